The number of allylic oxidation sites excluding steroid dienone is 12. The van der Waals surface area contributed by atoms with Gasteiger partial charge in [0.25, 0.3) is 0 Å². The van der Waals surface area contributed by atoms with Crippen molar-refractivity contribution in [3.63, 3.8) is 0 Å². The normalized spacial score (nSPS) is 14.2. The van der Waals surface area contributed by atoms with Crippen LogP contribution in [0.4, 0.5) is 0 Å². The van der Waals surface area contributed by atoms with Gasteiger partial charge in [-0.3, -0.25) is 37.3 Å². The summed E-state index contributed by atoms with van der Waals surface area (Å²) < 4.78 is 68.7. The molecule has 5 atom stereocenters. The monoisotopic (exact) mass is 1480 g/mol. The quantitative estimate of drug-likeness (QED) is 0.0169. The SMILES string of the molecule is CC/C=C\C/C=C\C/C=C\C/C=C\C/C=C\CCCCCC(=O)OCC(COP(=O)(O)OCC(O)COP(=O)(O)OCC(COC(=O)CCCCCCCCCCCCCCCCC)OC(=O)CCCCCCC/C=C\CCCCCC)OC(=O)CCCCCCCCCCCCCCCCC. The fourth-order valence-electron chi connectivity index (χ4n) is 11.4. The fourth-order valence-corrected chi connectivity index (χ4v) is 13.0. The Morgan fingerprint density at radius 1 is 0.284 bits per heavy atom. The lowest BCUT2D eigenvalue weighted by atomic mass is 10.0. The number of aliphatic hydroxyl groups excluding tert-OH is 1. The maximum atomic E-state index is 13.1. The maximum Gasteiger partial charge on any atom is 0.472 e. The fraction of sp³-hybridized carbons (Fsp3) is 0.807. The molecule has 0 saturated carbocycles. The summed E-state index contributed by atoms with van der Waals surface area (Å²) >= 11 is 0. The lowest BCUT2D eigenvalue weighted by molar-refractivity contribution is -0.161. The van der Waals surface area contributed by atoms with E-state index in [0.29, 0.717) is 25.7 Å². The van der Waals surface area contributed by atoms with Crippen LogP contribution < -0.4 is 0 Å². The number of rotatable bonds is 78. The van der Waals surface area contributed by atoms with E-state index in [4.69, 9.17) is 37.0 Å². The average molecular weight is 1480 g/mol. The number of carbonyl (C=O) groups is 4. The van der Waals surface area contributed by atoms with Gasteiger partial charge in [0.1, 0.15) is 19.3 Å². The highest BCUT2D eigenvalue weighted by atomic mass is 31.2. The van der Waals surface area contributed by atoms with Gasteiger partial charge in [-0.05, 0) is 96.3 Å². The summed E-state index contributed by atoms with van der Waals surface area (Å²) in [5, 5.41) is 10.6. The van der Waals surface area contributed by atoms with Crippen LogP contribution in [-0.2, 0) is 65.4 Å². The molecule has 5 unspecified atom stereocenters. The van der Waals surface area contributed by atoms with Crippen LogP contribution in [0, 0.1) is 0 Å². The summed E-state index contributed by atoms with van der Waals surface area (Å²) in [7, 11) is -9.95. The van der Waals surface area contributed by atoms with Gasteiger partial charge in [-0.1, -0.05) is 325 Å². The minimum Gasteiger partial charge on any atom is -0.462 e. The molecule has 0 bridgehead atoms. The van der Waals surface area contributed by atoms with Crippen LogP contribution in [-0.4, -0.2) is 96.7 Å². The third kappa shape index (κ3) is 74.8. The topological polar surface area (TPSA) is 237 Å². The highest BCUT2D eigenvalue weighted by molar-refractivity contribution is 7.47. The largest absolute Gasteiger partial charge is 0.472 e. The zero-order valence-electron chi connectivity index (χ0n) is 65.0. The Kier molecular flexibility index (Phi) is 73.1. The number of esters is 4. The van der Waals surface area contributed by atoms with E-state index >= 15 is 0 Å². The minimum absolute atomic E-state index is 0.0896. The molecule has 102 heavy (non-hydrogen) atoms. The number of ether oxygens (including phenoxy) is 4. The molecule has 0 rings (SSSR count). The number of hydrogen-bond acceptors (Lipinski definition) is 15. The first-order valence-electron chi connectivity index (χ1n) is 41.2. The molecule has 17 nitrogen and oxygen atoms in total. The van der Waals surface area contributed by atoms with Gasteiger partial charge in [-0.25, -0.2) is 9.13 Å². The third-order valence-electron chi connectivity index (χ3n) is 17.7. The second-order valence-electron chi connectivity index (χ2n) is 27.7. The first-order chi connectivity index (χ1) is 49.7. The first kappa shape index (κ1) is 98.5. The number of phosphoric ester groups is 2. The summed E-state index contributed by atoms with van der Waals surface area (Å²) in [5.41, 5.74) is 0. The van der Waals surface area contributed by atoms with Crippen molar-refractivity contribution in [3.05, 3.63) is 72.9 Å². The summed E-state index contributed by atoms with van der Waals surface area (Å²) in [6, 6.07) is 0. The number of unbranched alkanes of at least 4 members (excludes halogenated alkanes) is 40. The maximum absolute atomic E-state index is 13.1. The molecule has 19 heteroatoms. The lowest BCUT2D eigenvalue weighted by Crippen LogP contribution is -2.30. The Morgan fingerprint density at radius 2 is 0.510 bits per heavy atom. The molecule has 594 valence electrons. The molecule has 0 aliphatic carbocycles. The van der Waals surface area contributed by atoms with E-state index < -0.39 is 97.5 Å². The summed E-state index contributed by atoms with van der Waals surface area (Å²) in [6.07, 6.45) is 77.3. The Morgan fingerprint density at radius 3 is 0.814 bits per heavy atom. The lowest BCUT2D eigenvalue weighted by Gasteiger charge is -2.21. The van der Waals surface area contributed by atoms with Crippen molar-refractivity contribution in [3.8, 4) is 0 Å². The Labute approximate surface area is 622 Å². The van der Waals surface area contributed by atoms with Crippen LogP contribution in [0.25, 0.3) is 0 Å². The van der Waals surface area contributed by atoms with Crippen LogP contribution in [0.5, 0.6) is 0 Å². The predicted molar refractivity (Wildman–Crippen MR) is 418 cm³/mol. The summed E-state index contributed by atoms with van der Waals surface area (Å²) in [5.74, 6) is -2.18. The number of aliphatic hydroxyl groups is 1. The number of phosphoric acid groups is 2. The molecular weight excluding hydrogens is 1330 g/mol. The molecule has 3 N–H and O–H groups in total. The molecule has 0 radical (unpaired) electrons. The highest BCUT2D eigenvalue weighted by Gasteiger charge is 2.30. The van der Waals surface area contributed by atoms with Crippen molar-refractivity contribution in [2.45, 2.75) is 393 Å². The van der Waals surface area contributed by atoms with Crippen LogP contribution in [0.1, 0.15) is 374 Å². The molecule has 0 aliphatic heterocycles. The van der Waals surface area contributed by atoms with Crippen LogP contribution >= 0.6 is 15.6 Å². The molecular formula is C83H150O17P2. The van der Waals surface area contributed by atoms with Crippen LogP contribution in [0.2, 0.25) is 0 Å². The Bertz CT molecular complexity index is 2210. The standard InChI is InChI=1S/C83H150O17P2/c1-5-9-13-17-21-25-29-33-36-37-38-39-42-45-48-52-56-60-64-68-81(86)94-74-79(100-83(88)70-66-62-58-54-50-46-41-35-31-27-23-19-15-11-7-3)76-98-102(91,92)96-72-77(84)71-95-101(89,90)97-75-78(99-82(87)69-65-61-57-53-49-43-32-28-24-20-16-12-8-4)73-93-80(85)67-63-59-55-51-47-44-40-34-30-26-22-18-14-10-6-2/h9,13,21,25,28,32-33,36,38-39,45,48,77-79,84H,5-8,10-12,14-20,22-24,26-27,29-31,34-35,37,40-44,46-47,49-76H2,1-4H3,(H,89,90)(H,91,92)/b13-9-,25-21-,32-28-,36-33-,39-38-,48-45-. The van der Waals surface area contributed by atoms with Crippen LogP contribution in [0.15, 0.2) is 72.9 Å². The Hall–Kier alpha value is -3.50. The molecule has 0 spiro atoms. The molecule has 0 aromatic rings. The van der Waals surface area contributed by atoms with Crippen molar-refractivity contribution in [2.24, 2.45) is 0 Å². The molecule has 0 saturated heterocycles. The van der Waals surface area contributed by atoms with Gasteiger partial charge in [0, 0.05) is 25.7 Å². The second-order valence-corrected chi connectivity index (χ2v) is 30.6. The average Bonchev–Trinajstić information content (AvgIpc) is 0.924. The number of carbonyl (C=O) groups excluding carboxylic acids is 4. The number of hydrogen-bond donors (Lipinski definition) is 3. The van der Waals surface area contributed by atoms with Crippen LogP contribution in [0.3, 0.4) is 0 Å². The van der Waals surface area contributed by atoms with Gasteiger partial charge in [-0.2, -0.15) is 0 Å². The van der Waals surface area contributed by atoms with Crippen molar-refractivity contribution >= 4 is 39.5 Å². The van der Waals surface area contributed by atoms with Crippen molar-refractivity contribution in [1.82, 2.24) is 0 Å². The van der Waals surface area contributed by atoms with Crippen molar-refractivity contribution in [2.75, 3.05) is 39.6 Å². The zero-order valence-corrected chi connectivity index (χ0v) is 66.8. The zero-order chi connectivity index (χ0) is 74.6. The molecule has 0 aliphatic rings. The smallest absolute Gasteiger partial charge is 0.462 e. The van der Waals surface area contributed by atoms with E-state index in [2.05, 4.69) is 101 Å². The van der Waals surface area contributed by atoms with Gasteiger partial charge < -0.3 is 33.8 Å². The van der Waals surface area contributed by atoms with E-state index in [1.807, 2.05) is 0 Å². The molecule has 0 aromatic carbocycles. The Balaban J connectivity index is 5.34. The van der Waals surface area contributed by atoms with Crippen molar-refractivity contribution in [1.29, 1.82) is 0 Å². The van der Waals surface area contributed by atoms with E-state index in [0.717, 1.165) is 135 Å². The molecule has 0 amide bonds. The van der Waals surface area contributed by atoms with Crippen molar-refractivity contribution < 1.29 is 80.2 Å². The second kappa shape index (κ2) is 75.7. The van der Waals surface area contributed by atoms with E-state index in [1.54, 1.807) is 0 Å². The van der Waals surface area contributed by atoms with E-state index in [-0.39, 0.29) is 25.7 Å². The molecule has 0 aromatic heterocycles. The first-order valence-corrected chi connectivity index (χ1v) is 44.2. The minimum atomic E-state index is -4.98. The van der Waals surface area contributed by atoms with Gasteiger partial charge in [0.05, 0.1) is 26.4 Å². The van der Waals surface area contributed by atoms with Gasteiger partial charge >= 0.3 is 39.5 Å². The van der Waals surface area contributed by atoms with Gasteiger partial charge in [0.15, 0.2) is 12.2 Å². The predicted octanol–water partition coefficient (Wildman–Crippen LogP) is 24.0. The van der Waals surface area contributed by atoms with Gasteiger partial charge in [-0.15, -0.1) is 0 Å². The summed E-state index contributed by atoms with van der Waals surface area (Å²) in [6.45, 7) is 4.78. The third-order valence-corrected chi connectivity index (χ3v) is 19.6. The van der Waals surface area contributed by atoms with Gasteiger partial charge in [0.2, 0.25) is 0 Å². The summed E-state index contributed by atoms with van der Waals surface area (Å²) in [4.78, 5) is 73.0. The molecule has 0 fully saturated rings. The highest BCUT2D eigenvalue weighted by Crippen LogP contribution is 2.45. The van der Waals surface area contributed by atoms with E-state index in [1.165, 1.54) is 161 Å². The molecule has 0 heterocycles. The van der Waals surface area contributed by atoms with E-state index in [9.17, 15) is 43.2 Å².